The number of hydrogen-bond acceptors (Lipinski definition) is 6. The quantitative estimate of drug-likeness (QED) is 0.381. The van der Waals surface area contributed by atoms with Crippen LogP contribution in [0.25, 0.3) is 11.1 Å². The molecule has 2 aromatic carbocycles. The number of amides is 1. The Labute approximate surface area is 176 Å². The number of hydrogen-bond donors (Lipinski definition) is 4. The number of nitrogens with one attached hydrogen (secondary N) is 1. The Hall–Kier alpha value is -3.79. The minimum Gasteiger partial charge on any atom is -0.481 e. The minimum absolute atomic E-state index is 0.0279. The molecule has 9 nitrogen and oxygen atoms in total. The van der Waals surface area contributed by atoms with Crippen LogP contribution in [-0.4, -0.2) is 55.1 Å². The number of carbonyl (C=O) groups excluding carboxylic acids is 1. The zero-order chi connectivity index (χ0) is 22.4. The summed E-state index contributed by atoms with van der Waals surface area (Å²) >= 11 is 0. The lowest BCUT2D eigenvalue weighted by Gasteiger charge is -2.21. The van der Waals surface area contributed by atoms with Crippen LogP contribution in [0.2, 0.25) is 0 Å². The number of aliphatic hydroxyl groups is 1. The van der Waals surface area contributed by atoms with Crippen molar-refractivity contribution < 1.29 is 29.4 Å². The maximum atomic E-state index is 14.0. The van der Waals surface area contributed by atoms with E-state index in [1.165, 1.54) is 6.07 Å². The lowest BCUT2D eigenvalue weighted by Crippen LogP contribution is -2.40. The average molecular weight is 428 g/mol. The number of carboxylic acid groups (broad SMARTS) is 1. The highest BCUT2D eigenvalue weighted by Crippen LogP contribution is 2.23. The van der Waals surface area contributed by atoms with Crippen LogP contribution < -0.4 is 5.32 Å². The maximum absolute atomic E-state index is 14.0. The average Bonchev–Trinajstić information content (AvgIpc) is 3.19. The number of aromatic nitrogens is 3. The van der Waals surface area contributed by atoms with Gasteiger partial charge in [-0.2, -0.15) is 0 Å². The molecule has 0 spiro atoms. The molecule has 0 aliphatic carbocycles. The van der Waals surface area contributed by atoms with Crippen LogP contribution in [-0.2, 0) is 11.2 Å². The van der Waals surface area contributed by atoms with E-state index in [0.717, 1.165) is 11.8 Å². The number of rotatable bonds is 9. The summed E-state index contributed by atoms with van der Waals surface area (Å²) in [5.41, 5.74) is 1.77. The normalized spacial score (nSPS) is 12.8. The second kappa shape index (κ2) is 9.81. The molecule has 4 N–H and O–H groups in total. The van der Waals surface area contributed by atoms with Crippen LogP contribution in [0.4, 0.5) is 4.39 Å². The molecule has 0 saturated carbocycles. The van der Waals surface area contributed by atoms with Crippen molar-refractivity contribution in [3.63, 3.8) is 0 Å². The van der Waals surface area contributed by atoms with Gasteiger partial charge in [-0.05, 0) is 35.2 Å². The minimum atomic E-state index is -1.18. The summed E-state index contributed by atoms with van der Waals surface area (Å²) < 4.78 is 14.0. The van der Waals surface area contributed by atoms with Gasteiger partial charge in [0, 0.05) is 11.6 Å². The molecule has 0 radical (unpaired) electrons. The number of aliphatic hydroxyl groups excluding tert-OH is 1. The molecule has 0 unspecified atom stereocenters. The molecule has 1 aromatic heterocycles. The molecule has 162 valence electrons. The van der Waals surface area contributed by atoms with E-state index in [1.54, 1.807) is 42.5 Å². The van der Waals surface area contributed by atoms with Crippen molar-refractivity contribution in [1.29, 1.82) is 0 Å². The highest BCUT2D eigenvalue weighted by molar-refractivity contribution is 5.92. The molecule has 2 atom stereocenters. The summed E-state index contributed by atoms with van der Waals surface area (Å²) in [5, 5.41) is 37.3. The number of halogens is 1. The summed E-state index contributed by atoms with van der Waals surface area (Å²) in [6.45, 7) is -0.583. The molecule has 0 saturated heterocycles. The van der Waals surface area contributed by atoms with Gasteiger partial charge in [0.05, 0.1) is 18.7 Å². The van der Waals surface area contributed by atoms with E-state index >= 15 is 0 Å². The lowest BCUT2D eigenvalue weighted by atomic mass is 9.94. The Morgan fingerprint density at radius 1 is 1.13 bits per heavy atom. The van der Waals surface area contributed by atoms with Crippen LogP contribution in [0.5, 0.6) is 0 Å². The van der Waals surface area contributed by atoms with Crippen LogP contribution in [0.3, 0.4) is 0 Å². The maximum Gasteiger partial charge on any atom is 0.308 e. The first kappa shape index (κ1) is 21.9. The summed E-state index contributed by atoms with van der Waals surface area (Å²) in [5.74, 6) is -3.24. The predicted octanol–water partition coefficient (Wildman–Crippen LogP) is 1.75. The van der Waals surface area contributed by atoms with E-state index in [0.29, 0.717) is 16.0 Å². The second-order valence-electron chi connectivity index (χ2n) is 7.03. The van der Waals surface area contributed by atoms with Gasteiger partial charge in [0.25, 0.3) is 5.91 Å². The van der Waals surface area contributed by atoms with Gasteiger partial charge in [-0.3, -0.25) is 9.59 Å². The Morgan fingerprint density at radius 3 is 2.42 bits per heavy atom. The van der Waals surface area contributed by atoms with Crippen molar-refractivity contribution in [2.75, 3.05) is 6.61 Å². The zero-order valence-corrected chi connectivity index (χ0v) is 16.3. The first-order valence-corrected chi connectivity index (χ1v) is 9.47. The number of carboxylic acids is 1. The van der Waals surface area contributed by atoms with Crippen LogP contribution in [0.15, 0.2) is 54.7 Å². The molecule has 0 aliphatic rings. The molecule has 31 heavy (non-hydrogen) atoms. The number of nitrogens with zero attached hydrogens (tertiary/aromatic N) is 3. The smallest absolute Gasteiger partial charge is 0.308 e. The van der Waals surface area contributed by atoms with E-state index in [-0.39, 0.29) is 24.4 Å². The molecule has 0 aliphatic heterocycles. The van der Waals surface area contributed by atoms with Crippen molar-refractivity contribution in [2.24, 2.45) is 5.92 Å². The Kier molecular flexibility index (Phi) is 6.93. The van der Waals surface area contributed by atoms with Gasteiger partial charge in [-0.25, -0.2) is 4.39 Å². The highest BCUT2D eigenvalue weighted by Gasteiger charge is 2.25. The monoisotopic (exact) mass is 428 g/mol. The molecular weight excluding hydrogens is 407 g/mol. The number of benzene rings is 2. The summed E-state index contributed by atoms with van der Waals surface area (Å²) in [4.78, 5) is 24.1. The predicted molar refractivity (Wildman–Crippen MR) is 107 cm³/mol. The van der Waals surface area contributed by atoms with Gasteiger partial charge < -0.3 is 20.7 Å². The third kappa shape index (κ3) is 5.64. The van der Waals surface area contributed by atoms with E-state index in [2.05, 4.69) is 15.6 Å². The molecule has 3 aromatic rings. The van der Waals surface area contributed by atoms with Gasteiger partial charge in [-0.15, -0.1) is 5.10 Å². The third-order valence-electron chi connectivity index (χ3n) is 4.81. The molecule has 0 fully saturated rings. The summed E-state index contributed by atoms with van der Waals surface area (Å²) in [7, 11) is 0. The van der Waals surface area contributed by atoms with Crippen molar-refractivity contribution in [1.82, 2.24) is 20.5 Å². The Morgan fingerprint density at radius 2 is 1.84 bits per heavy atom. The van der Waals surface area contributed by atoms with Gasteiger partial charge in [-0.1, -0.05) is 47.3 Å². The van der Waals surface area contributed by atoms with E-state index in [1.807, 2.05) is 0 Å². The van der Waals surface area contributed by atoms with Gasteiger partial charge in [0.2, 0.25) is 0 Å². The molecule has 3 rings (SSSR count). The number of carbonyl (C=O) groups is 2. The molecular formula is C21H21FN4O5. The Bertz CT molecular complexity index is 1050. The standard InChI is InChI=1S/C21H21FN4O5/c22-18-4-2-1-3-17(18)14-7-5-13(6-8-14)9-16(10-15(12-27)21(29)30)23-20(28)19-11-26(31)25-24-19/h1-8,11,15-16,27,31H,9-10,12H2,(H,23,28)(H,29,30)/t15-,16+/m0/s1. The van der Waals surface area contributed by atoms with E-state index in [4.69, 9.17) is 0 Å². The summed E-state index contributed by atoms with van der Waals surface area (Å²) in [6, 6.07) is 12.7. The topological polar surface area (TPSA) is 138 Å². The van der Waals surface area contributed by atoms with Gasteiger partial charge >= 0.3 is 5.97 Å². The third-order valence-corrected chi connectivity index (χ3v) is 4.81. The van der Waals surface area contributed by atoms with E-state index < -0.39 is 30.4 Å². The molecule has 10 heteroatoms. The summed E-state index contributed by atoms with van der Waals surface area (Å²) in [6.07, 6.45) is 1.25. The van der Waals surface area contributed by atoms with Gasteiger partial charge in [0.15, 0.2) is 5.69 Å². The number of aliphatic carboxylic acids is 1. The zero-order valence-electron chi connectivity index (χ0n) is 16.3. The Balaban J connectivity index is 1.77. The fourth-order valence-corrected chi connectivity index (χ4v) is 3.21. The lowest BCUT2D eigenvalue weighted by molar-refractivity contribution is -0.143. The fourth-order valence-electron chi connectivity index (χ4n) is 3.21. The highest BCUT2D eigenvalue weighted by atomic mass is 19.1. The largest absolute Gasteiger partial charge is 0.481 e. The first-order chi connectivity index (χ1) is 14.9. The molecule has 0 bridgehead atoms. The SMILES string of the molecule is O=C(N[C@H](Cc1ccc(-c2ccccc2F)cc1)C[C@@H](CO)C(=O)O)c1cn(O)nn1. The van der Waals surface area contributed by atoms with Crippen molar-refractivity contribution in [3.8, 4) is 11.1 Å². The van der Waals surface area contributed by atoms with E-state index in [9.17, 15) is 29.4 Å². The molecule has 1 amide bonds. The second-order valence-corrected chi connectivity index (χ2v) is 7.03. The van der Waals surface area contributed by atoms with Crippen molar-refractivity contribution in [3.05, 3.63) is 71.8 Å². The molecule has 1 heterocycles. The van der Waals surface area contributed by atoms with Crippen LogP contribution in [0, 0.1) is 11.7 Å². The van der Waals surface area contributed by atoms with Crippen LogP contribution >= 0.6 is 0 Å². The van der Waals surface area contributed by atoms with Crippen molar-refractivity contribution in [2.45, 2.75) is 18.9 Å². The van der Waals surface area contributed by atoms with Gasteiger partial charge in [0.1, 0.15) is 5.82 Å². The van der Waals surface area contributed by atoms with Crippen LogP contribution in [0.1, 0.15) is 22.5 Å². The first-order valence-electron chi connectivity index (χ1n) is 9.47. The fraction of sp³-hybridized carbons (Fsp3) is 0.238. The van der Waals surface area contributed by atoms with Crippen molar-refractivity contribution >= 4 is 11.9 Å².